The third-order valence-corrected chi connectivity index (χ3v) is 2.64. The van der Waals surface area contributed by atoms with Gasteiger partial charge >= 0.3 is 0 Å². The molecular weight excluding hydrogens is 200 g/mol. The van der Waals surface area contributed by atoms with E-state index in [1.807, 2.05) is 36.4 Å². The summed E-state index contributed by atoms with van der Waals surface area (Å²) in [4.78, 5) is 0. The van der Waals surface area contributed by atoms with E-state index in [2.05, 4.69) is 6.58 Å². The molecule has 0 aliphatic heterocycles. The van der Waals surface area contributed by atoms with Crippen molar-refractivity contribution >= 4 is 16.8 Å². The van der Waals surface area contributed by atoms with Crippen molar-refractivity contribution in [2.75, 3.05) is 14.2 Å². The van der Waals surface area contributed by atoms with Crippen molar-refractivity contribution in [1.82, 2.24) is 0 Å². The van der Waals surface area contributed by atoms with Crippen LogP contribution in [0, 0.1) is 0 Å². The van der Waals surface area contributed by atoms with Crippen LogP contribution >= 0.6 is 0 Å². The van der Waals surface area contributed by atoms with Gasteiger partial charge in [-0.25, -0.2) is 0 Å². The van der Waals surface area contributed by atoms with Gasteiger partial charge in [0.1, 0.15) is 11.5 Å². The Bertz CT molecular complexity index is 529. The first-order chi connectivity index (χ1) is 7.80. The van der Waals surface area contributed by atoms with E-state index in [-0.39, 0.29) is 0 Å². The molecule has 0 saturated heterocycles. The topological polar surface area (TPSA) is 18.5 Å². The molecule has 0 unspecified atom stereocenters. The molecule has 0 amide bonds. The Morgan fingerprint density at radius 3 is 2.12 bits per heavy atom. The predicted molar refractivity (Wildman–Crippen MR) is 67.1 cm³/mol. The fourth-order valence-electron chi connectivity index (χ4n) is 1.79. The third kappa shape index (κ3) is 1.63. The largest absolute Gasteiger partial charge is 0.496 e. The molecule has 0 heterocycles. The second-order valence-electron chi connectivity index (χ2n) is 3.48. The van der Waals surface area contributed by atoms with Crippen molar-refractivity contribution in [3.63, 3.8) is 0 Å². The van der Waals surface area contributed by atoms with E-state index < -0.39 is 0 Å². The van der Waals surface area contributed by atoms with E-state index in [0.29, 0.717) is 0 Å². The van der Waals surface area contributed by atoms with Gasteiger partial charge in [0.05, 0.1) is 14.2 Å². The van der Waals surface area contributed by atoms with Crippen LogP contribution in [-0.4, -0.2) is 14.2 Å². The highest BCUT2D eigenvalue weighted by atomic mass is 16.5. The molecule has 2 aromatic carbocycles. The minimum atomic E-state index is 0.847. The number of fused-ring (bicyclic) bond motifs is 1. The van der Waals surface area contributed by atoms with Crippen molar-refractivity contribution in [1.29, 1.82) is 0 Å². The number of hydrogen-bond acceptors (Lipinski definition) is 2. The summed E-state index contributed by atoms with van der Waals surface area (Å²) in [5, 5.41) is 2.09. The summed E-state index contributed by atoms with van der Waals surface area (Å²) in [5.41, 5.74) is 1.07. The molecule has 2 heteroatoms. The lowest BCUT2D eigenvalue weighted by Gasteiger charge is -2.10. The molecule has 2 nitrogen and oxygen atoms in total. The van der Waals surface area contributed by atoms with Crippen LogP contribution in [-0.2, 0) is 0 Å². The highest BCUT2D eigenvalue weighted by Gasteiger charge is 2.06. The van der Waals surface area contributed by atoms with Gasteiger partial charge in [-0.3, -0.25) is 0 Å². The normalized spacial score (nSPS) is 10.1. The molecule has 2 aromatic rings. The summed E-state index contributed by atoms with van der Waals surface area (Å²) in [6.45, 7) is 3.76. The zero-order chi connectivity index (χ0) is 11.5. The number of ether oxygens (including phenoxy) is 2. The minimum Gasteiger partial charge on any atom is -0.496 e. The standard InChI is InChI=1S/C14H14O2/c1-4-10-5-6-11-12(9-10)14(16-3)8-7-13(11)15-2/h4-9H,1H2,2-3H3. The first-order valence-electron chi connectivity index (χ1n) is 5.07. The molecule has 0 bridgehead atoms. The lowest BCUT2D eigenvalue weighted by molar-refractivity contribution is 0.410. The van der Waals surface area contributed by atoms with Gasteiger partial charge < -0.3 is 9.47 Å². The Morgan fingerprint density at radius 1 is 0.938 bits per heavy atom. The molecule has 0 aromatic heterocycles. The first-order valence-corrected chi connectivity index (χ1v) is 5.07. The van der Waals surface area contributed by atoms with Crippen LogP contribution in [0.5, 0.6) is 11.5 Å². The maximum absolute atomic E-state index is 5.34. The van der Waals surface area contributed by atoms with Crippen molar-refractivity contribution in [3.05, 3.63) is 42.5 Å². The molecular formula is C14H14O2. The van der Waals surface area contributed by atoms with Crippen LogP contribution in [0.2, 0.25) is 0 Å². The molecule has 2 rings (SSSR count). The lowest BCUT2D eigenvalue weighted by atomic mass is 10.1. The minimum absolute atomic E-state index is 0.847. The maximum Gasteiger partial charge on any atom is 0.126 e. The Morgan fingerprint density at radius 2 is 1.56 bits per heavy atom. The van der Waals surface area contributed by atoms with Gasteiger partial charge in [-0.1, -0.05) is 18.7 Å². The van der Waals surface area contributed by atoms with Crippen LogP contribution in [0.15, 0.2) is 36.9 Å². The summed E-state index contributed by atoms with van der Waals surface area (Å²) in [6.07, 6.45) is 1.82. The Balaban J connectivity index is 2.79. The zero-order valence-electron chi connectivity index (χ0n) is 9.49. The quantitative estimate of drug-likeness (QED) is 0.778. The van der Waals surface area contributed by atoms with Crippen LogP contribution in [0.1, 0.15) is 5.56 Å². The summed E-state index contributed by atoms with van der Waals surface area (Å²) < 4.78 is 10.7. The summed E-state index contributed by atoms with van der Waals surface area (Å²) in [5.74, 6) is 1.70. The molecule has 0 aliphatic rings. The van der Waals surface area contributed by atoms with Crippen LogP contribution in [0.25, 0.3) is 16.8 Å². The second kappa shape index (κ2) is 4.27. The SMILES string of the molecule is C=Cc1ccc2c(OC)ccc(OC)c2c1. The maximum atomic E-state index is 5.34. The van der Waals surface area contributed by atoms with Gasteiger partial charge in [0, 0.05) is 10.8 Å². The van der Waals surface area contributed by atoms with E-state index in [9.17, 15) is 0 Å². The molecule has 16 heavy (non-hydrogen) atoms. The molecule has 0 fully saturated rings. The Hall–Kier alpha value is -1.96. The molecule has 0 atom stereocenters. The van der Waals surface area contributed by atoms with E-state index in [4.69, 9.17) is 9.47 Å². The van der Waals surface area contributed by atoms with E-state index in [1.165, 1.54) is 0 Å². The Labute approximate surface area is 95.1 Å². The zero-order valence-corrected chi connectivity index (χ0v) is 9.49. The van der Waals surface area contributed by atoms with Crippen molar-refractivity contribution < 1.29 is 9.47 Å². The second-order valence-corrected chi connectivity index (χ2v) is 3.48. The van der Waals surface area contributed by atoms with Crippen LogP contribution < -0.4 is 9.47 Å². The average Bonchev–Trinajstić information content (AvgIpc) is 2.36. The molecule has 0 N–H and O–H groups in total. The summed E-state index contributed by atoms with van der Waals surface area (Å²) in [6, 6.07) is 9.90. The van der Waals surface area contributed by atoms with Gasteiger partial charge in [0.2, 0.25) is 0 Å². The molecule has 0 radical (unpaired) electrons. The molecule has 0 spiro atoms. The molecule has 0 aliphatic carbocycles. The van der Waals surface area contributed by atoms with Gasteiger partial charge in [-0.2, -0.15) is 0 Å². The van der Waals surface area contributed by atoms with Crippen LogP contribution in [0.3, 0.4) is 0 Å². The van der Waals surface area contributed by atoms with E-state index in [1.54, 1.807) is 14.2 Å². The fraction of sp³-hybridized carbons (Fsp3) is 0.143. The van der Waals surface area contributed by atoms with Gasteiger partial charge in [0.15, 0.2) is 0 Å². The predicted octanol–water partition coefficient (Wildman–Crippen LogP) is 3.50. The molecule has 0 saturated carbocycles. The van der Waals surface area contributed by atoms with Gasteiger partial charge in [-0.15, -0.1) is 0 Å². The third-order valence-electron chi connectivity index (χ3n) is 2.64. The highest BCUT2D eigenvalue weighted by Crippen LogP contribution is 2.33. The number of benzene rings is 2. The molecule has 82 valence electrons. The van der Waals surface area contributed by atoms with Gasteiger partial charge in [0.25, 0.3) is 0 Å². The average molecular weight is 214 g/mol. The monoisotopic (exact) mass is 214 g/mol. The van der Waals surface area contributed by atoms with Crippen LogP contribution in [0.4, 0.5) is 0 Å². The number of hydrogen-bond donors (Lipinski definition) is 0. The lowest BCUT2D eigenvalue weighted by Crippen LogP contribution is -1.89. The summed E-state index contributed by atoms with van der Waals surface area (Å²) >= 11 is 0. The smallest absolute Gasteiger partial charge is 0.126 e. The first kappa shape index (κ1) is 10.6. The van der Waals surface area contributed by atoms with Crippen molar-refractivity contribution in [2.45, 2.75) is 0 Å². The number of rotatable bonds is 3. The number of methoxy groups -OCH3 is 2. The highest BCUT2D eigenvalue weighted by molar-refractivity contribution is 5.94. The Kier molecular flexibility index (Phi) is 2.82. The van der Waals surface area contributed by atoms with E-state index >= 15 is 0 Å². The van der Waals surface area contributed by atoms with Gasteiger partial charge in [-0.05, 0) is 29.8 Å². The fourth-order valence-corrected chi connectivity index (χ4v) is 1.79. The van der Waals surface area contributed by atoms with Crippen molar-refractivity contribution in [2.24, 2.45) is 0 Å². The van der Waals surface area contributed by atoms with Crippen molar-refractivity contribution in [3.8, 4) is 11.5 Å². The summed E-state index contributed by atoms with van der Waals surface area (Å²) in [7, 11) is 3.34. The van der Waals surface area contributed by atoms with E-state index in [0.717, 1.165) is 27.8 Å².